The number of carbonyl (C=O) groups is 1. The quantitative estimate of drug-likeness (QED) is 0.843. The molecule has 1 fully saturated rings. The van der Waals surface area contributed by atoms with Gasteiger partial charge in [0.15, 0.2) is 0 Å². The third-order valence-corrected chi connectivity index (χ3v) is 4.49. The molecule has 5 heteroatoms. The highest BCUT2D eigenvalue weighted by Gasteiger charge is 2.33. The molecule has 2 aromatic rings. The van der Waals surface area contributed by atoms with E-state index in [4.69, 9.17) is 0 Å². The molecule has 1 atom stereocenters. The number of hydrogen-bond donors (Lipinski definition) is 1. The fourth-order valence-electron chi connectivity index (χ4n) is 3.12. The van der Waals surface area contributed by atoms with Crippen LogP contribution in [-0.2, 0) is 17.8 Å². The van der Waals surface area contributed by atoms with Gasteiger partial charge in [0.2, 0.25) is 5.91 Å². The highest BCUT2D eigenvalue weighted by Crippen LogP contribution is 2.41. The van der Waals surface area contributed by atoms with Gasteiger partial charge in [0.05, 0.1) is 6.04 Å². The van der Waals surface area contributed by atoms with E-state index in [9.17, 15) is 9.59 Å². The zero-order valence-corrected chi connectivity index (χ0v) is 14.8. The average Bonchev–Trinajstić information content (AvgIpc) is 3.40. The Morgan fingerprint density at radius 2 is 2.00 bits per heavy atom. The molecule has 1 aromatic heterocycles. The first kappa shape index (κ1) is 17.4. The fourth-order valence-corrected chi connectivity index (χ4v) is 3.12. The van der Waals surface area contributed by atoms with E-state index in [-0.39, 0.29) is 18.5 Å². The minimum Gasteiger partial charge on any atom is -0.347 e. The van der Waals surface area contributed by atoms with Gasteiger partial charge in [0.25, 0.3) is 0 Å². The maximum absolute atomic E-state index is 12.4. The van der Waals surface area contributed by atoms with Crippen molar-refractivity contribution in [1.82, 2.24) is 14.9 Å². The summed E-state index contributed by atoms with van der Waals surface area (Å²) in [6, 6.07) is 10.2. The third kappa shape index (κ3) is 4.78. The topological polar surface area (TPSA) is 64.0 Å². The number of amides is 1. The molecule has 25 heavy (non-hydrogen) atoms. The van der Waals surface area contributed by atoms with Crippen molar-refractivity contribution in [3.05, 3.63) is 64.3 Å². The number of hydrogen-bond acceptors (Lipinski definition) is 3. The minimum absolute atomic E-state index is 0.00132. The van der Waals surface area contributed by atoms with Gasteiger partial charge in [0.1, 0.15) is 6.54 Å². The summed E-state index contributed by atoms with van der Waals surface area (Å²) in [5, 5.41) is 3.10. The molecule has 1 heterocycles. The van der Waals surface area contributed by atoms with Crippen LogP contribution < -0.4 is 11.0 Å². The van der Waals surface area contributed by atoms with Crippen LogP contribution in [0.3, 0.4) is 0 Å². The lowest BCUT2D eigenvalue weighted by atomic mass is 9.97. The van der Waals surface area contributed by atoms with Crippen molar-refractivity contribution in [2.75, 3.05) is 0 Å². The van der Waals surface area contributed by atoms with Crippen LogP contribution in [0.5, 0.6) is 0 Å². The van der Waals surface area contributed by atoms with Gasteiger partial charge < -0.3 is 5.32 Å². The van der Waals surface area contributed by atoms with Crippen LogP contribution in [0, 0.1) is 11.8 Å². The zero-order valence-electron chi connectivity index (χ0n) is 14.8. The van der Waals surface area contributed by atoms with Crippen LogP contribution >= 0.6 is 0 Å². The number of rotatable bonds is 7. The van der Waals surface area contributed by atoms with Gasteiger partial charge in [-0.3, -0.25) is 9.36 Å². The van der Waals surface area contributed by atoms with Gasteiger partial charge >= 0.3 is 5.69 Å². The van der Waals surface area contributed by atoms with E-state index in [1.54, 1.807) is 12.3 Å². The van der Waals surface area contributed by atoms with Gasteiger partial charge in [-0.1, -0.05) is 38.1 Å². The van der Waals surface area contributed by atoms with Crippen LogP contribution in [0.25, 0.3) is 0 Å². The van der Waals surface area contributed by atoms with Crippen LogP contribution in [0.2, 0.25) is 0 Å². The predicted molar refractivity (Wildman–Crippen MR) is 97.1 cm³/mol. The summed E-state index contributed by atoms with van der Waals surface area (Å²) in [4.78, 5) is 27.7. The molecule has 1 aromatic carbocycles. The molecule has 1 aliphatic rings. The van der Waals surface area contributed by atoms with Crippen molar-refractivity contribution < 1.29 is 4.79 Å². The molecule has 0 bridgehead atoms. The summed E-state index contributed by atoms with van der Waals surface area (Å²) >= 11 is 0. The fraction of sp³-hybridized carbons (Fsp3) is 0.450. The molecule has 0 spiro atoms. The molecular weight excluding hydrogens is 314 g/mol. The Balaban J connectivity index is 1.68. The summed E-state index contributed by atoms with van der Waals surface area (Å²) in [6.45, 7) is 4.42. The van der Waals surface area contributed by atoms with E-state index in [0.29, 0.717) is 11.8 Å². The molecule has 0 saturated heterocycles. The number of nitrogens with zero attached hydrogens (tertiary/aromatic N) is 2. The second kappa shape index (κ2) is 7.64. The molecule has 1 amide bonds. The van der Waals surface area contributed by atoms with E-state index in [0.717, 1.165) is 24.8 Å². The normalized spacial score (nSPS) is 15.2. The SMILES string of the molecule is CC(C)Cc1ccc([C@@H](NC(=O)Cn2cccnc2=O)C2CC2)cc1. The Labute approximate surface area is 148 Å². The summed E-state index contributed by atoms with van der Waals surface area (Å²) in [5.74, 6) is 0.964. The maximum Gasteiger partial charge on any atom is 0.347 e. The molecule has 0 radical (unpaired) electrons. The third-order valence-electron chi connectivity index (χ3n) is 4.49. The van der Waals surface area contributed by atoms with Crippen molar-refractivity contribution in [1.29, 1.82) is 0 Å². The molecular formula is C20H25N3O2. The van der Waals surface area contributed by atoms with Gasteiger partial charge in [-0.25, -0.2) is 9.78 Å². The summed E-state index contributed by atoms with van der Waals surface area (Å²) in [7, 11) is 0. The highest BCUT2D eigenvalue weighted by atomic mass is 16.2. The molecule has 1 N–H and O–H groups in total. The van der Waals surface area contributed by atoms with E-state index in [1.165, 1.54) is 16.3 Å². The monoisotopic (exact) mass is 339 g/mol. The first-order valence-corrected chi connectivity index (χ1v) is 8.92. The summed E-state index contributed by atoms with van der Waals surface area (Å²) < 4.78 is 1.32. The molecule has 132 valence electrons. The Kier molecular flexibility index (Phi) is 5.31. The van der Waals surface area contributed by atoms with Crippen molar-refractivity contribution in [3.63, 3.8) is 0 Å². The molecule has 0 unspecified atom stereocenters. The molecule has 5 nitrogen and oxygen atoms in total. The smallest absolute Gasteiger partial charge is 0.347 e. The molecule has 3 rings (SSSR count). The Bertz CT molecular complexity index is 776. The standard InChI is InChI=1S/C20H25N3O2/c1-14(2)12-15-4-6-16(7-5-15)19(17-8-9-17)22-18(24)13-23-11-3-10-21-20(23)25/h3-7,10-11,14,17,19H,8-9,12-13H2,1-2H3,(H,22,24)/t19-/m1/s1. The Hall–Kier alpha value is -2.43. The number of nitrogens with one attached hydrogen (secondary N) is 1. The molecule has 0 aliphatic heterocycles. The lowest BCUT2D eigenvalue weighted by molar-refractivity contribution is -0.122. The second-order valence-electron chi connectivity index (χ2n) is 7.25. The molecule has 1 aliphatic carbocycles. The molecule has 1 saturated carbocycles. The van der Waals surface area contributed by atoms with Crippen LogP contribution in [0.15, 0.2) is 47.5 Å². The predicted octanol–water partition coefficient (Wildman–Crippen LogP) is 2.71. The Morgan fingerprint density at radius 1 is 1.28 bits per heavy atom. The van der Waals surface area contributed by atoms with Crippen LogP contribution in [0.4, 0.5) is 0 Å². The van der Waals surface area contributed by atoms with Gasteiger partial charge in [-0.2, -0.15) is 0 Å². The first-order valence-electron chi connectivity index (χ1n) is 8.92. The van der Waals surface area contributed by atoms with Crippen molar-refractivity contribution >= 4 is 5.91 Å². The lowest BCUT2D eigenvalue weighted by Gasteiger charge is -2.19. The highest BCUT2D eigenvalue weighted by molar-refractivity contribution is 5.76. The minimum atomic E-state index is -0.404. The zero-order chi connectivity index (χ0) is 17.8. The van der Waals surface area contributed by atoms with E-state index >= 15 is 0 Å². The van der Waals surface area contributed by atoms with Crippen molar-refractivity contribution in [2.24, 2.45) is 11.8 Å². The van der Waals surface area contributed by atoms with Crippen LogP contribution in [0.1, 0.15) is 43.9 Å². The van der Waals surface area contributed by atoms with Gasteiger partial charge in [-0.15, -0.1) is 0 Å². The number of benzene rings is 1. The van der Waals surface area contributed by atoms with Crippen molar-refractivity contribution in [3.8, 4) is 0 Å². The number of carbonyl (C=O) groups excluding carboxylic acids is 1. The Morgan fingerprint density at radius 3 is 2.60 bits per heavy atom. The van der Waals surface area contributed by atoms with E-state index in [1.807, 2.05) is 0 Å². The lowest BCUT2D eigenvalue weighted by Crippen LogP contribution is -2.35. The second-order valence-corrected chi connectivity index (χ2v) is 7.25. The summed E-state index contributed by atoms with van der Waals surface area (Å²) in [6.07, 6.45) is 6.34. The van der Waals surface area contributed by atoms with Gasteiger partial charge in [0, 0.05) is 12.4 Å². The first-order chi connectivity index (χ1) is 12.0. The van der Waals surface area contributed by atoms with E-state index < -0.39 is 5.69 Å². The average molecular weight is 339 g/mol. The van der Waals surface area contributed by atoms with Crippen LogP contribution in [-0.4, -0.2) is 15.5 Å². The van der Waals surface area contributed by atoms with Gasteiger partial charge in [-0.05, 0) is 48.3 Å². The maximum atomic E-state index is 12.4. The number of aromatic nitrogens is 2. The van der Waals surface area contributed by atoms with Crippen molar-refractivity contribution in [2.45, 2.75) is 45.7 Å². The summed E-state index contributed by atoms with van der Waals surface area (Å²) in [5.41, 5.74) is 2.06. The van der Waals surface area contributed by atoms with E-state index in [2.05, 4.69) is 48.4 Å². The largest absolute Gasteiger partial charge is 0.347 e.